The first-order valence-electron chi connectivity index (χ1n) is 8.97. The molecule has 0 saturated carbocycles. The van der Waals surface area contributed by atoms with E-state index < -0.39 is 0 Å². The summed E-state index contributed by atoms with van der Waals surface area (Å²) in [5.41, 5.74) is 3.80. The number of thioether (sulfide) groups is 2. The molecule has 0 aliphatic heterocycles. The lowest BCUT2D eigenvalue weighted by Gasteiger charge is -2.16. The average Bonchev–Trinajstić information content (AvgIpc) is 3.19. The molecule has 0 aliphatic rings. The number of nitrogens with zero attached hydrogens (tertiary/aromatic N) is 4. The van der Waals surface area contributed by atoms with Gasteiger partial charge in [0.2, 0.25) is 0 Å². The number of imidazole rings is 1. The van der Waals surface area contributed by atoms with Gasteiger partial charge >= 0.3 is 0 Å². The summed E-state index contributed by atoms with van der Waals surface area (Å²) in [6.07, 6.45) is 7.59. The zero-order valence-electron chi connectivity index (χ0n) is 16.3. The average molecular weight is 423 g/mol. The Morgan fingerprint density at radius 2 is 1.72 bits per heavy atom. The maximum Gasteiger partial charge on any atom is 0.179 e. The number of benzene rings is 2. The predicted octanol–water partition coefficient (Wildman–Crippen LogP) is 5.89. The minimum absolute atomic E-state index is 0.275. The smallest absolute Gasteiger partial charge is 0.179 e. The molecular formula is C22H19FN4S2. The molecule has 0 N–H and O–H groups in total. The molecule has 0 radical (unpaired) electrons. The van der Waals surface area contributed by atoms with Crippen molar-refractivity contribution in [3.8, 4) is 28.6 Å². The lowest BCUT2D eigenvalue weighted by atomic mass is 10.1. The Balaban J connectivity index is 2.01. The standard InChI is InChI=1S/C22H19FN4S2/c1-14-5-4-6-17(20(14)29-3)27-18(21-24-12-11-19(26-21)28-2)13-25-22(27)15-7-9-16(23)10-8-15/h4-13H,1-3H3. The predicted molar refractivity (Wildman–Crippen MR) is 118 cm³/mol. The summed E-state index contributed by atoms with van der Waals surface area (Å²) in [6.45, 7) is 2.09. The van der Waals surface area contributed by atoms with Crippen LogP contribution in [-0.2, 0) is 0 Å². The summed E-state index contributed by atoms with van der Waals surface area (Å²) in [6, 6.07) is 14.5. The number of hydrogen-bond acceptors (Lipinski definition) is 5. The molecule has 4 nitrogen and oxygen atoms in total. The first kappa shape index (κ1) is 19.7. The number of aryl methyl sites for hydroxylation is 1. The highest BCUT2D eigenvalue weighted by atomic mass is 32.2. The number of hydrogen-bond donors (Lipinski definition) is 0. The van der Waals surface area contributed by atoms with E-state index in [1.165, 1.54) is 17.7 Å². The Kier molecular flexibility index (Phi) is 5.69. The molecule has 2 heterocycles. The third kappa shape index (κ3) is 3.80. The summed E-state index contributed by atoms with van der Waals surface area (Å²) in [5, 5.41) is 0.889. The van der Waals surface area contributed by atoms with Crippen LogP contribution in [0.2, 0.25) is 0 Å². The number of halogens is 1. The molecule has 2 aromatic heterocycles. The highest BCUT2D eigenvalue weighted by Crippen LogP contribution is 2.35. The van der Waals surface area contributed by atoms with Gasteiger partial charge in [-0.3, -0.25) is 4.57 Å². The van der Waals surface area contributed by atoms with Crippen LogP contribution in [0.1, 0.15) is 5.56 Å². The quantitative estimate of drug-likeness (QED) is 0.296. The maximum atomic E-state index is 13.5. The molecule has 0 unspecified atom stereocenters. The maximum absolute atomic E-state index is 13.5. The largest absolute Gasteiger partial charge is 0.288 e. The van der Waals surface area contributed by atoms with Gasteiger partial charge in [0.15, 0.2) is 5.82 Å². The zero-order valence-corrected chi connectivity index (χ0v) is 17.9. The van der Waals surface area contributed by atoms with Gasteiger partial charge in [-0.05, 0) is 61.4 Å². The molecular weight excluding hydrogens is 403 g/mol. The molecule has 0 atom stereocenters. The van der Waals surface area contributed by atoms with Gasteiger partial charge in [-0.1, -0.05) is 12.1 Å². The van der Waals surface area contributed by atoms with E-state index >= 15 is 0 Å². The first-order chi connectivity index (χ1) is 14.1. The van der Waals surface area contributed by atoms with E-state index in [0.717, 1.165) is 32.7 Å². The van der Waals surface area contributed by atoms with Crippen molar-refractivity contribution in [2.45, 2.75) is 16.8 Å². The molecule has 0 aliphatic carbocycles. The molecule has 0 fully saturated rings. The van der Waals surface area contributed by atoms with E-state index in [1.54, 1.807) is 48.1 Å². The van der Waals surface area contributed by atoms with Crippen LogP contribution < -0.4 is 0 Å². The van der Waals surface area contributed by atoms with E-state index in [1.807, 2.05) is 18.4 Å². The number of aromatic nitrogens is 4. The van der Waals surface area contributed by atoms with Gasteiger partial charge in [-0.2, -0.15) is 0 Å². The second kappa shape index (κ2) is 8.39. The minimum atomic E-state index is -0.275. The van der Waals surface area contributed by atoms with Gasteiger partial charge < -0.3 is 0 Å². The van der Waals surface area contributed by atoms with Crippen molar-refractivity contribution in [1.29, 1.82) is 0 Å². The fourth-order valence-electron chi connectivity index (χ4n) is 3.21. The van der Waals surface area contributed by atoms with Crippen LogP contribution in [-0.4, -0.2) is 32.0 Å². The topological polar surface area (TPSA) is 43.6 Å². The van der Waals surface area contributed by atoms with Crippen LogP contribution in [0.5, 0.6) is 0 Å². The van der Waals surface area contributed by atoms with Gasteiger partial charge in [-0.25, -0.2) is 19.3 Å². The molecule has 0 bridgehead atoms. The molecule has 0 saturated heterocycles. The summed E-state index contributed by atoms with van der Waals surface area (Å²) < 4.78 is 15.6. The molecule has 29 heavy (non-hydrogen) atoms. The van der Waals surface area contributed by atoms with Gasteiger partial charge in [0.25, 0.3) is 0 Å². The van der Waals surface area contributed by atoms with E-state index in [0.29, 0.717) is 5.82 Å². The summed E-state index contributed by atoms with van der Waals surface area (Å²) >= 11 is 3.25. The Hall–Kier alpha value is -2.64. The van der Waals surface area contributed by atoms with E-state index in [2.05, 4.69) is 44.8 Å². The van der Waals surface area contributed by atoms with Crippen molar-refractivity contribution in [2.24, 2.45) is 0 Å². The zero-order chi connectivity index (χ0) is 20.4. The third-order valence-corrected chi connectivity index (χ3v) is 6.15. The molecule has 4 rings (SSSR count). The molecule has 7 heteroatoms. The van der Waals surface area contributed by atoms with Crippen LogP contribution >= 0.6 is 23.5 Å². The first-order valence-corrected chi connectivity index (χ1v) is 11.4. The van der Waals surface area contributed by atoms with Crippen molar-refractivity contribution in [3.63, 3.8) is 0 Å². The van der Waals surface area contributed by atoms with Crippen molar-refractivity contribution >= 4 is 23.5 Å². The van der Waals surface area contributed by atoms with Gasteiger partial charge in [0.1, 0.15) is 17.3 Å². The summed E-state index contributed by atoms with van der Waals surface area (Å²) in [5.74, 6) is 1.05. The molecule has 0 spiro atoms. The third-order valence-electron chi connectivity index (χ3n) is 4.57. The van der Waals surface area contributed by atoms with Crippen LogP contribution in [0, 0.1) is 12.7 Å². The van der Waals surface area contributed by atoms with E-state index in [4.69, 9.17) is 0 Å². The molecule has 2 aromatic carbocycles. The van der Waals surface area contributed by atoms with Crippen LogP contribution in [0.4, 0.5) is 4.39 Å². The van der Waals surface area contributed by atoms with E-state index in [9.17, 15) is 4.39 Å². The Labute approximate surface area is 177 Å². The SMILES string of the molecule is CSc1ccnc(-c2cnc(-c3ccc(F)cc3)n2-c2cccc(C)c2SC)n1. The Morgan fingerprint density at radius 3 is 2.45 bits per heavy atom. The van der Waals surface area contributed by atoms with E-state index in [-0.39, 0.29) is 5.82 Å². The molecule has 146 valence electrons. The summed E-state index contributed by atoms with van der Waals surface area (Å²) in [7, 11) is 0. The normalized spacial score (nSPS) is 11.0. The Morgan fingerprint density at radius 1 is 0.931 bits per heavy atom. The minimum Gasteiger partial charge on any atom is -0.288 e. The highest BCUT2D eigenvalue weighted by molar-refractivity contribution is 7.98. The van der Waals surface area contributed by atoms with Crippen molar-refractivity contribution in [3.05, 3.63) is 72.3 Å². The fraction of sp³-hybridized carbons (Fsp3) is 0.136. The second-order valence-electron chi connectivity index (χ2n) is 6.36. The van der Waals surface area contributed by atoms with Crippen LogP contribution in [0.25, 0.3) is 28.6 Å². The van der Waals surface area contributed by atoms with Gasteiger partial charge in [0.05, 0.1) is 16.9 Å². The summed E-state index contributed by atoms with van der Waals surface area (Å²) in [4.78, 5) is 15.0. The van der Waals surface area contributed by atoms with Crippen molar-refractivity contribution in [2.75, 3.05) is 12.5 Å². The lowest BCUT2D eigenvalue weighted by Crippen LogP contribution is -2.04. The molecule has 4 aromatic rings. The van der Waals surface area contributed by atoms with Crippen molar-refractivity contribution in [1.82, 2.24) is 19.5 Å². The lowest BCUT2D eigenvalue weighted by molar-refractivity contribution is 0.628. The second-order valence-corrected chi connectivity index (χ2v) is 8.00. The highest BCUT2D eigenvalue weighted by Gasteiger charge is 2.20. The van der Waals surface area contributed by atoms with Gasteiger partial charge in [0, 0.05) is 16.7 Å². The monoisotopic (exact) mass is 422 g/mol. The van der Waals surface area contributed by atoms with Crippen LogP contribution in [0.3, 0.4) is 0 Å². The number of rotatable bonds is 5. The molecule has 0 amide bonds. The van der Waals surface area contributed by atoms with Crippen molar-refractivity contribution < 1.29 is 4.39 Å². The fourth-order valence-corrected chi connectivity index (χ4v) is 4.35. The van der Waals surface area contributed by atoms with Crippen LogP contribution in [0.15, 0.2) is 70.8 Å². The van der Waals surface area contributed by atoms with Gasteiger partial charge in [-0.15, -0.1) is 23.5 Å². The Bertz CT molecular complexity index is 1160.